The van der Waals surface area contributed by atoms with Crippen LogP contribution in [0.3, 0.4) is 0 Å². The van der Waals surface area contributed by atoms with Gasteiger partial charge in [0.1, 0.15) is 6.04 Å². The number of Topliss-reactive ketones (excluding diaryl/α,β-unsaturated/α-hetero) is 1. The Kier molecular flexibility index (Phi) is 4.56. The summed E-state index contributed by atoms with van der Waals surface area (Å²) in [5.74, 6) is -2.11. The summed E-state index contributed by atoms with van der Waals surface area (Å²) in [6.45, 7) is 1.74. The Morgan fingerprint density at radius 1 is 1.53 bits per heavy atom. The van der Waals surface area contributed by atoms with Crippen molar-refractivity contribution in [3.05, 3.63) is 11.8 Å². The molecule has 1 aliphatic heterocycles. The predicted molar refractivity (Wildman–Crippen MR) is 56.7 cm³/mol. The van der Waals surface area contributed by atoms with E-state index < -0.39 is 17.8 Å². The number of aldehydes is 1. The maximum atomic E-state index is 11.6. The Morgan fingerprint density at radius 2 is 2.24 bits per heavy atom. The number of carbonyl (C=O) groups excluding carboxylic acids is 4. The lowest BCUT2D eigenvalue weighted by Crippen LogP contribution is -2.35. The van der Waals surface area contributed by atoms with Crippen LogP contribution >= 0.6 is 0 Å². The monoisotopic (exact) mass is 239 g/mol. The van der Waals surface area contributed by atoms with Crippen LogP contribution in [-0.2, 0) is 23.9 Å². The second-order valence-corrected chi connectivity index (χ2v) is 3.54. The van der Waals surface area contributed by atoms with Crippen molar-refractivity contribution in [1.29, 1.82) is 0 Å². The molecular weight excluding hydrogens is 226 g/mol. The first kappa shape index (κ1) is 13.1. The van der Waals surface area contributed by atoms with E-state index in [4.69, 9.17) is 4.74 Å². The average molecular weight is 239 g/mol. The minimum atomic E-state index is -0.885. The molecule has 0 unspecified atom stereocenters. The number of hydrogen-bond donors (Lipinski definition) is 1. The van der Waals surface area contributed by atoms with Crippen LogP contribution in [0.15, 0.2) is 11.8 Å². The zero-order chi connectivity index (χ0) is 12.8. The molecule has 0 aliphatic carbocycles. The van der Waals surface area contributed by atoms with Crippen LogP contribution in [0.25, 0.3) is 0 Å². The van der Waals surface area contributed by atoms with Crippen molar-refractivity contribution < 1.29 is 23.9 Å². The van der Waals surface area contributed by atoms with E-state index in [1.165, 1.54) is 6.08 Å². The average Bonchev–Trinajstić information content (AvgIpc) is 2.74. The molecule has 1 amide bonds. The number of allylic oxidation sites excluding steroid dienone is 2. The number of carbonyl (C=O) groups is 4. The SMILES string of the molecule is CCC=C(OC(=O)[C@@H]1CCC(=O)N1)C(=O)C=O. The van der Waals surface area contributed by atoms with Crippen LogP contribution in [0.2, 0.25) is 0 Å². The predicted octanol–water partition coefficient (Wildman–Crippen LogP) is -0.130. The van der Waals surface area contributed by atoms with Gasteiger partial charge in [0.2, 0.25) is 5.91 Å². The summed E-state index contributed by atoms with van der Waals surface area (Å²) in [6.07, 6.45) is 2.49. The summed E-state index contributed by atoms with van der Waals surface area (Å²) in [6, 6.07) is -0.734. The molecule has 92 valence electrons. The van der Waals surface area contributed by atoms with Crippen molar-refractivity contribution in [2.24, 2.45) is 0 Å². The first-order valence-electron chi connectivity index (χ1n) is 5.29. The molecular formula is C11H13NO5. The third-order valence-electron chi connectivity index (χ3n) is 2.23. The zero-order valence-corrected chi connectivity index (χ0v) is 9.39. The molecule has 1 N–H and O–H groups in total. The van der Waals surface area contributed by atoms with Gasteiger partial charge in [0.15, 0.2) is 12.0 Å². The lowest BCUT2D eigenvalue weighted by Gasteiger charge is -2.10. The van der Waals surface area contributed by atoms with Gasteiger partial charge in [-0.1, -0.05) is 6.92 Å². The van der Waals surface area contributed by atoms with Gasteiger partial charge in [-0.05, 0) is 18.9 Å². The summed E-state index contributed by atoms with van der Waals surface area (Å²) in [7, 11) is 0. The van der Waals surface area contributed by atoms with Crippen molar-refractivity contribution in [3.63, 3.8) is 0 Å². The van der Waals surface area contributed by atoms with Gasteiger partial charge in [0, 0.05) is 6.42 Å². The van der Waals surface area contributed by atoms with Crippen LogP contribution in [-0.4, -0.2) is 30.0 Å². The van der Waals surface area contributed by atoms with Gasteiger partial charge in [-0.2, -0.15) is 0 Å². The van der Waals surface area contributed by atoms with Crippen LogP contribution in [0.4, 0.5) is 0 Å². The van der Waals surface area contributed by atoms with Gasteiger partial charge in [-0.3, -0.25) is 14.4 Å². The molecule has 1 heterocycles. The molecule has 0 radical (unpaired) electrons. The van der Waals surface area contributed by atoms with E-state index in [0.717, 1.165) is 0 Å². The lowest BCUT2D eigenvalue weighted by molar-refractivity contribution is -0.145. The Hall–Kier alpha value is -1.98. The van der Waals surface area contributed by atoms with Gasteiger partial charge < -0.3 is 10.1 Å². The molecule has 0 spiro atoms. The number of amides is 1. The van der Waals surface area contributed by atoms with Crippen molar-refractivity contribution in [3.8, 4) is 0 Å². The van der Waals surface area contributed by atoms with Crippen molar-refractivity contribution >= 4 is 23.9 Å². The minimum absolute atomic E-state index is 0.0853. The standard InChI is InChI=1S/C11H13NO5/c1-2-3-9(8(14)6-13)17-11(16)7-4-5-10(15)12-7/h3,6-7H,2,4-5H2,1H3,(H,12,15)/t7-/m0/s1. The molecule has 1 fully saturated rings. The Balaban J connectivity index is 2.64. The highest BCUT2D eigenvalue weighted by molar-refractivity contribution is 6.32. The highest BCUT2D eigenvalue weighted by Gasteiger charge is 2.30. The number of hydrogen-bond acceptors (Lipinski definition) is 5. The summed E-state index contributed by atoms with van der Waals surface area (Å²) in [4.78, 5) is 43.9. The quantitative estimate of drug-likeness (QED) is 0.237. The fourth-order valence-corrected chi connectivity index (χ4v) is 1.41. The second-order valence-electron chi connectivity index (χ2n) is 3.54. The summed E-state index contributed by atoms with van der Waals surface area (Å²) < 4.78 is 4.80. The van der Waals surface area contributed by atoms with Crippen molar-refractivity contribution in [2.45, 2.75) is 32.2 Å². The molecule has 1 atom stereocenters. The summed E-state index contributed by atoms with van der Waals surface area (Å²) in [5.41, 5.74) is 0. The molecule has 0 saturated carbocycles. The van der Waals surface area contributed by atoms with E-state index >= 15 is 0 Å². The molecule has 1 rings (SSSR count). The van der Waals surface area contributed by atoms with Crippen LogP contribution in [0, 0.1) is 0 Å². The second kappa shape index (κ2) is 5.93. The number of ketones is 1. The molecule has 0 aromatic carbocycles. The van der Waals surface area contributed by atoms with E-state index in [1.54, 1.807) is 6.92 Å². The Bertz CT molecular complexity index is 385. The minimum Gasteiger partial charge on any atom is -0.421 e. The largest absolute Gasteiger partial charge is 0.421 e. The third-order valence-corrected chi connectivity index (χ3v) is 2.23. The first-order valence-corrected chi connectivity index (χ1v) is 5.29. The molecule has 17 heavy (non-hydrogen) atoms. The maximum absolute atomic E-state index is 11.6. The normalized spacial score (nSPS) is 19.7. The summed E-state index contributed by atoms with van der Waals surface area (Å²) in [5, 5.41) is 2.42. The fourth-order valence-electron chi connectivity index (χ4n) is 1.41. The Labute approximate surface area is 98.0 Å². The smallest absolute Gasteiger partial charge is 0.334 e. The third kappa shape index (κ3) is 3.51. The van der Waals surface area contributed by atoms with Crippen LogP contribution < -0.4 is 5.32 Å². The molecule has 0 bridgehead atoms. The highest BCUT2D eigenvalue weighted by Crippen LogP contribution is 2.11. The number of ether oxygens (including phenoxy) is 1. The fraction of sp³-hybridized carbons (Fsp3) is 0.455. The van der Waals surface area contributed by atoms with E-state index in [-0.39, 0.29) is 24.4 Å². The van der Waals surface area contributed by atoms with Crippen LogP contribution in [0.5, 0.6) is 0 Å². The van der Waals surface area contributed by atoms with Crippen molar-refractivity contribution in [1.82, 2.24) is 5.32 Å². The first-order chi connectivity index (χ1) is 8.08. The van der Waals surface area contributed by atoms with Gasteiger partial charge >= 0.3 is 5.97 Å². The molecule has 1 saturated heterocycles. The van der Waals surface area contributed by atoms with E-state index in [1.807, 2.05) is 0 Å². The van der Waals surface area contributed by atoms with Gasteiger partial charge in [0.25, 0.3) is 5.78 Å². The van der Waals surface area contributed by atoms with E-state index in [9.17, 15) is 19.2 Å². The van der Waals surface area contributed by atoms with Crippen molar-refractivity contribution in [2.75, 3.05) is 0 Å². The molecule has 6 heteroatoms. The molecule has 0 aromatic rings. The number of esters is 1. The summed E-state index contributed by atoms with van der Waals surface area (Å²) >= 11 is 0. The maximum Gasteiger partial charge on any atom is 0.334 e. The van der Waals surface area contributed by atoms with E-state index in [0.29, 0.717) is 12.8 Å². The highest BCUT2D eigenvalue weighted by atomic mass is 16.5. The van der Waals surface area contributed by atoms with Gasteiger partial charge in [0.05, 0.1) is 0 Å². The van der Waals surface area contributed by atoms with E-state index in [2.05, 4.69) is 5.32 Å². The van der Waals surface area contributed by atoms with Gasteiger partial charge in [-0.15, -0.1) is 0 Å². The molecule has 1 aliphatic rings. The number of nitrogens with one attached hydrogen (secondary N) is 1. The Morgan fingerprint density at radius 3 is 2.71 bits per heavy atom. The topological polar surface area (TPSA) is 89.5 Å². The lowest BCUT2D eigenvalue weighted by atomic mass is 10.2. The number of rotatable bonds is 5. The van der Waals surface area contributed by atoms with Gasteiger partial charge in [-0.25, -0.2) is 4.79 Å². The zero-order valence-electron chi connectivity index (χ0n) is 9.39. The molecule has 6 nitrogen and oxygen atoms in total. The van der Waals surface area contributed by atoms with Crippen LogP contribution in [0.1, 0.15) is 26.2 Å². The molecule has 0 aromatic heterocycles.